The summed E-state index contributed by atoms with van der Waals surface area (Å²) < 4.78 is 8.16. The van der Waals surface area contributed by atoms with Crippen molar-refractivity contribution in [2.75, 3.05) is 13.6 Å². The van der Waals surface area contributed by atoms with Crippen LogP contribution in [0.25, 0.3) is 0 Å². The minimum absolute atomic E-state index is 0.0622. The molecule has 1 aliphatic rings. The van der Waals surface area contributed by atoms with Gasteiger partial charge in [0.25, 0.3) is 5.91 Å². The van der Waals surface area contributed by atoms with Gasteiger partial charge in [0.05, 0.1) is 11.4 Å². The third-order valence-corrected chi connectivity index (χ3v) is 3.29. The van der Waals surface area contributed by atoms with Gasteiger partial charge in [0.1, 0.15) is 11.4 Å². The Labute approximate surface area is 113 Å². The van der Waals surface area contributed by atoms with E-state index >= 15 is 0 Å². The van der Waals surface area contributed by atoms with Crippen LogP contribution >= 0.6 is 0 Å². The summed E-state index contributed by atoms with van der Waals surface area (Å²) in [6.07, 6.45) is 0.505. The largest absolute Gasteiger partial charge is 0.481 e. The smallest absolute Gasteiger partial charge is 0.303 e. The number of benzene rings is 1. The summed E-state index contributed by atoms with van der Waals surface area (Å²) in [6.45, 7) is 0.415. The van der Waals surface area contributed by atoms with E-state index in [0.717, 1.165) is 17.0 Å². The summed E-state index contributed by atoms with van der Waals surface area (Å²) in [5.74, 6) is -0.990. The number of nitrogens with zero attached hydrogens (tertiary/aromatic N) is 3. The topological polar surface area (TPSA) is 82.3 Å². The van der Waals surface area contributed by atoms with Crippen LogP contribution in [0.5, 0.6) is 0 Å². The molecule has 1 aromatic rings. The van der Waals surface area contributed by atoms with Crippen molar-refractivity contribution < 1.29 is 14.7 Å². The highest BCUT2D eigenvalue weighted by Gasteiger charge is 2.14. The van der Waals surface area contributed by atoms with E-state index in [2.05, 4.69) is 8.73 Å². The molecule has 0 saturated carbocycles. The molecule has 0 bridgehead atoms. The number of hydrogen-bond acceptors (Lipinski definition) is 4. The molecule has 2 rings (SSSR count). The van der Waals surface area contributed by atoms with Gasteiger partial charge >= 0.3 is 5.97 Å². The summed E-state index contributed by atoms with van der Waals surface area (Å²) >= 11 is 1.11. The van der Waals surface area contributed by atoms with Gasteiger partial charge in [-0.3, -0.25) is 9.59 Å². The Balaban J connectivity index is 1.99. The molecular weight excluding hydrogens is 266 g/mol. The number of carboxylic acid groups (broad SMARTS) is 1. The van der Waals surface area contributed by atoms with Gasteiger partial charge in [-0.25, -0.2) is 0 Å². The van der Waals surface area contributed by atoms with E-state index in [4.69, 9.17) is 5.11 Å². The van der Waals surface area contributed by atoms with E-state index in [0.29, 0.717) is 24.2 Å². The summed E-state index contributed by atoms with van der Waals surface area (Å²) in [7, 11) is 1.66. The zero-order chi connectivity index (χ0) is 13.8. The van der Waals surface area contributed by atoms with Crippen LogP contribution in [-0.4, -0.2) is 35.5 Å². The fourth-order valence-electron chi connectivity index (χ4n) is 1.70. The fraction of sp³-hybridized carbons (Fsp3) is 0.333. The van der Waals surface area contributed by atoms with Crippen LogP contribution in [0, 0.1) is 0 Å². The molecule has 0 unspecified atom stereocenters. The van der Waals surface area contributed by atoms with E-state index in [-0.39, 0.29) is 12.3 Å². The van der Waals surface area contributed by atoms with Crippen LogP contribution < -0.4 is 0 Å². The van der Waals surface area contributed by atoms with Crippen molar-refractivity contribution in [3.8, 4) is 0 Å². The number of carbonyl (C=O) groups excluding carboxylic acids is 1. The molecular formula is C12H13N3O3S. The van der Waals surface area contributed by atoms with Crippen molar-refractivity contribution in [3.63, 3.8) is 0 Å². The Morgan fingerprint density at radius 2 is 2.05 bits per heavy atom. The predicted molar refractivity (Wildman–Crippen MR) is 71.8 cm³/mol. The van der Waals surface area contributed by atoms with Crippen molar-refractivity contribution in [2.24, 2.45) is 8.73 Å². The molecule has 100 valence electrons. The van der Waals surface area contributed by atoms with Gasteiger partial charge in [-0.05, 0) is 24.6 Å². The fourth-order valence-corrected chi connectivity index (χ4v) is 2.22. The lowest BCUT2D eigenvalue weighted by Crippen LogP contribution is -2.28. The second-order valence-corrected chi connectivity index (χ2v) is 4.72. The summed E-state index contributed by atoms with van der Waals surface area (Å²) in [4.78, 5) is 24.1. The van der Waals surface area contributed by atoms with Crippen LogP contribution in [0.3, 0.4) is 0 Å². The minimum Gasteiger partial charge on any atom is -0.481 e. The van der Waals surface area contributed by atoms with Gasteiger partial charge in [0.15, 0.2) is 0 Å². The Bertz CT molecular complexity index is 594. The van der Waals surface area contributed by atoms with Gasteiger partial charge in [0, 0.05) is 25.6 Å². The minimum atomic E-state index is -0.851. The number of rotatable bonds is 5. The third-order valence-electron chi connectivity index (χ3n) is 2.73. The first-order chi connectivity index (χ1) is 9.08. The first kappa shape index (κ1) is 13.4. The lowest BCUT2D eigenvalue weighted by Gasteiger charge is -2.16. The first-order valence-electron chi connectivity index (χ1n) is 5.77. The Morgan fingerprint density at radius 3 is 2.79 bits per heavy atom. The normalized spacial score (nSPS) is 11.8. The molecule has 1 aromatic carbocycles. The van der Waals surface area contributed by atoms with E-state index < -0.39 is 5.97 Å². The molecule has 0 aromatic heterocycles. The first-order valence-corrected chi connectivity index (χ1v) is 6.50. The molecule has 0 saturated heterocycles. The number of carbonyl (C=O) groups is 2. The van der Waals surface area contributed by atoms with Crippen molar-refractivity contribution in [1.29, 1.82) is 0 Å². The van der Waals surface area contributed by atoms with Crippen LogP contribution in [0.2, 0.25) is 0 Å². The Kier molecular flexibility index (Phi) is 4.06. The highest BCUT2D eigenvalue weighted by molar-refractivity contribution is 7.58. The SMILES string of the molecule is CN(CCCC(=O)O)C(=O)c1ccc2c(c1)N=S=N2. The van der Waals surface area contributed by atoms with Crippen LogP contribution in [0.15, 0.2) is 26.9 Å². The second-order valence-electron chi connectivity index (χ2n) is 4.19. The monoisotopic (exact) mass is 279 g/mol. The average Bonchev–Trinajstić information content (AvgIpc) is 2.84. The molecule has 6 nitrogen and oxygen atoms in total. The van der Waals surface area contributed by atoms with E-state index in [1.807, 2.05) is 0 Å². The maximum atomic E-state index is 12.1. The number of aliphatic carboxylic acids is 1. The Morgan fingerprint density at radius 1 is 1.32 bits per heavy atom. The Hall–Kier alpha value is -2.02. The van der Waals surface area contributed by atoms with Crippen LogP contribution in [0.1, 0.15) is 23.2 Å². The van der Waals surface area contributed by atoms with Crippen molar-refractivity contribution in [3.05, 3.63) is 23.8 Å². The number of hydrogen-bond donors (Lipinski definition) is 1. The zero-order valence-corrected chi connectivity index (χ0v) is 11.2. The molecule has 0 radical (unpaired) electrons. The van der Waals surface area contributed by atoms with Crippen LogP contribution in [-0.2, 0) is 16.1 Å². The quantitative estimate of drug-likeness (QED) is 0.912. The van der Waals surface area contributed by atoms with E-state index in [9.17, 15) is 9.59 Å². The van der Waals surface area contributed by atoms with Gasteiger partial charge < -0.3 is 10.0 Å². The van der Waals surface area contributed by atoms with Gasteiger partial charge in [0.2, 0.25) is 0 Å². The summed E-state index contributed by atoms with van der Waals surface area (Å²) in [6, 6.07) is 5.17. The highest BCUT2D eigenvalue weighted by Crippen LogP contribution is 2.32. The van der Waals surface area contributed by atoms with Crippen molar-refractivity contribution in [2.45, 2.75) is 12.8 Å². The van der Waals surface area contributed by atoms with E-state index in [1.54, 1.807) is 25.2 Å². The van der Waals surface area contributed by atoms with Crippen LogP contribution in [0.4, 0.5) is 11.4 Å². The number of fused-ring (bicyclic) bond motifs is 1. The van der Waals surface area contributed by atoms with E-state index in [1.165, 1.54) is 4.90 Å². The number of carboxylic acids is 1. The standard InChI is InChI=1S/C12H13N3O3S/c1-15(6-2-3-11(16)17)12(18)8-4-5-9-10(7-8)14-19-13-9/h4-5,7H,2-3,6H2,1H3,(H,16,17). The maximum Gasteiger partial charge on any atom is 0.303 e. The molecule has 0 fully saturated rings. The molecule has 7 heteroatoms. The molecule has 1 heterocycles. The molecule has 0 aliphatic carbocycles. The molecule has 1 aliphatic heterocycles. The van der Waals surface area contributed by atoms with Gasteiger partial charge in [-0.1, -0.05) is 0 Å². The molecule has 19 heavy (non-hydrogen) atoms. The molecule has 0 atom stereocenters. The molecule has 1 amide bonds. The van der Waals surface area contributed by atoms with Gasteiger partial charge in [-0.15, -0.1) is 0 Å². The van der Waals surface area contributed by atoms with Gasteiger partial charge in [-0.2, -0.15) is 8.73 Å². The van der Waals surface area contributed by atoms with Crippen molar-refractivity contribution in [1.82, 2.24) is 4.90 Å². The summed E-state index contributed by atoms with van der Waals surface area (Å²) in [5.41, 5.74) is 2.02. The average molecular weight is 279 g/mol. The molecule has 1 N–H and O–H groups in total. The highest BCUT2D eigenvalue weighted by atomic mass is 32.1. The lowest BCUT2D eigenvalue weighted by atomic mass is 10.1. The molecule has 0 spiro atoms. The predicted octanol–water partition coefficient (Wildman–Crippen LogP) is 2.35. The lowest BCUT2D eigenvalue weighted by molar-refractivity contribution is -0.137. The maximum absolute atomic E-state index is 12.1. The van der Waals surface area contributed by atoms with Crippen molar-refractivity contribution >= 4 is 34.6 Å². The second kappa shape index (κ2) is 5.75. The zero-order valence-electron chi connectivity index (χ0n) is 10.4. The number of amides is 1. The summed E-state index contributed by atoms with van der Waals surface area (Å²) in [5, 5.41) is 8.56. The third kappa shape index (κ3) is 3.25.